The van der Waals surface area contributed by atoms with E-state index in [0.29, 0.717) is 6.04 Å². The zero-order valence-corrected chi connectivity index (χ0v) is 11.7. The molecule has 102 valence electrons. The Kier molecular flexibility index (Phi) is 5.26. The Morgan fingerprint density at radius 2 is 2.17 bits per heavy atom. The maximum absolute atomic E-state index is 5.58. The topological polar surface area (TPSA) is 37.2 Å². The van der Waals surface area contributed by atoms with Crippen molar-refractivity contribution in [1.29, 1.82) is 0 Å². The van der Waals surface area contributed by atoms with E-state index >= 15 is 0 Å². The fourth-order valence-electron chi connectivity index (χ4n) is 2.06. The molecule has 0 unspecified atom stereocenters. The summed E-state index contributed by atoms with van der Waals surface area (Å²) in [7, 11) is 0. The van der Waals surface area contributed by atoms with Gasteiger partial charge in [0.25, 0.3) is 0 Å². The molecule has 0 saturated heterocycles. The van der Waals surface area contributed by atoms with Gasteiger partial charge in [0, 0.05) is 30.6 Å². The molecule has 1 fully saturated rings. The first-order chi connectivity index (χ1) is 8.75. The first-order valence-electron chi connectivity index (χ1n) is 7.27. The molecule has 1 aromatic rings. The first-order valence-corrected chi connectivity index (χ1v) is 7.27. The van der Waals surface area contributed by atoms with E-state index in [-0.39, 0.29) is 0 Å². The molecule has 3 nitrogen and oxygen atoms in total. The number of furan rings is 1. The molecule has 2 rings (SSSR count). The summed E-state index contributed by atoms with van der Waals surface area (Å²) < 4.78 is 5.58. The fraction of sp³-hybridized carbons (Fsp3) is 0.733. The van der Waals surface area contributed by atoms with Crippen LogP contribution in [0.1, 0.15) is 50.9 Å². The van der Waals surface area contributed by atoms with Crippen LogP contribution in [-0.2, 0) is 13.0 Å². The van der Waals surface area contributed by atoms with Crippen molar-refractivity contribution in [2.24, 2.45) is 0 Å². The molecule has 1 heterocycles. The number of rotatable bonds is 9. The molecule has 0 aliphatic heterocycles. The van der Waals surface area contributed by atoms with Gasteiger partial charge in [-0.2, -0.15) is 0 Å². The summed E-state index contributed by atoms with van der Waals surface area (Å²) in [4.78, 5) is 0. The number of nitrogens with one attached hydrogen (secondary N) is 2. The van der Waals surface area contributed by atoms with Crippen LogP contribution in [-0.4, -0.2) is 18.6 Å². The summed E-state index contributed by atoms with van der Waals surface area (Å²) >= 11 is 0. The van der Waals surface area contributed by atoms with Crippen LogP contribution < -0.4 is 10.6 Å². The lowest BCUT2D eigenvalue weighted by Gasteiger charge is -2.08. The van der Waals surface area contributed by atoms with Gasteiger partial charge in [0.2, 0.25) is 0 Å². The van der Waals surface area contributed by atoms with Gasteiger partial charge in [-0.1, -0.05) is 13.8 Å². The van der Waals surface area contributed by atoms with E-state index in [0.717, 1.165) is 31.3 Å². The molecule has 0 atom stereocenters. The van der Waals surface area contributed by atoms with E-state index in [4.69, 9.17) is 4.42 Å². The molecule has 1 aromatic heterocycles. The summed E-state index contributed by atoms with van der Waals surface area (Å²) in [5.74, 6) is 1.16. The molecule has 0 radical (unpaired) electrons. The van der Waals surface area contributed by atoms with Gasteiger partial charge < -0.3 is 15.1 Å². The van der Waals surface area contributed by atoms with E-state index in [9.17, 15) is 0 Å². The molecule has 1 aliphatic rings. The van der Waals surface area contributed by atoms with Gasteiger partial charge in [0.1, 0.15) is 5.76 Å². The first kappa shape index (κ1) is 13.6. The molecule has 18 heavy (non-hydrogen) atoms. The van der Waals surface area contributed by atoms with Crippen LogP contribution in [0.4, 0.5) is 0 Å². The van der Waals surface area contributed by atoms with Crippen molar-refractivity contribution < 1.29 is 4.42 Å². The van der Waals surface area contributed by atoms with Gasteiger partial charge in [-0.3, -0.25) is 0 Å². The standard InChI is InChI=1S/C15H26N2O/c1-12(2)17-11-13-8-10-18-15(13)5-3-4-9-16-14-6-7-14/h8,10,12,14,16-17H,3-7,9,11H2,1-2H3. The molecule has 0 spiro atoms. The molecule has 2 N–H and O–H groups in total. The van der Waals surface area contributed by atoms with Crippen LogP contribution >= 0.6 is 0 Å². The second kappa shape index (κ2) is 6.95. The summed E-state index contributed by atoms with van der Waals surface area (Å²) in [5, 5.41) is 6.99. The van der Waals surface area contributed by atoms with Crippen molar-refractivity contribution >= 4 is 0 Å². The quantitative estimate of drug-likeness (QED) is 0.662. The monoisotopic (exact) mass is 250 g/mol. The van der Waals surface area contributed by atoms with Gasteiger partial charge in [-0.15, -0.1) is 0 Å². The predicted octanol–water partition coefficient (Wildman–Crippen LogP) is 2.85. The van der Waals surface area contributed by atoms with Crippen LogP contribution in [0.15, 0.2) is 16.7 Å². The smallest absolute Gasteiger partial charge is 0.108 e. The van der Waals surface area contributed by atoms with Gasteiger partial charge in [0.05, 0.1) is 6.26 Å². The minimum atomic E-state index is 0.524. The molecular formula is C15H26N2O. The summed E-state index contributed by atoms with van der Waals surface area (Å²) in [6, 6.07) is 3.45. The van der Waals surface area contributed by atoms with Crippen molar-refractivity contribution in [3.63, 3.8) is 0 Å². The Hall–Kier alpha value is -0.800. The number of hydrogen-bond acceptors (Lipinski definition) is 3. The largest absolute Gasteiger partial charge is 0.469 e. The van der Waals surface area contributed by atoms with Crippen molar-refractivity contribution in [2.45, 2.75) is 64.6 Å². The highest BCUT2D eigenvalue weighted by atomic mass is 16.3. The van der Waals surface area contributed by atoms with E-state index in [1.807, 2.05) is 6.26 Å². The van der Waals surface area contributed by atoms with Gasteiger partial charge in [-0.05, 0) is 38.3 Å². The third-order valence-electron chi connectivity index (χ3n) is 3.38. The molecule has 0 aromatic carbocycles. The maximum atomic E-state index is 5.58. The Balaban J connectivity index is 1.63. The Morgan fingerprint density at radius 1 is 1.33 bits per heavy atom. The van der Waals surface area contributed by atoms with Gasteiger partial charge in [0.15, 0.2) is 0 Å². The minimum absolute atomic E-state index is 0.524. The molecule has 0 bridgehead atoms. The van der Waals surface area contributed by atoms with Gasteiger partial charge in [-0.25, -0.2) is 0 Å². The third kappa shape index (κ3) is 4.83. The Bertz CT molecular complexity index is 342. The minimum Gasteiger partial charge on any atom is -0.469 e. The fourth-order valence-corrected chi connectivity index (χ4v) is 2.06. The summed E-state index contributed by atoms with van der Waals surface area (Å²) in [6.45, 7) is 6.42. The average molecular weight is 250 g/mol. The van der Waals surface area contributed by atoms with E-state index in [1.165, 1.54) is 31.2 Å². The summed E-state index contributed by atoms with van der Waals surface area (Å²) in [6.07, 6.45) is 8.09. The SMILES string of the molecule is CC(C)NCc1ccoc1CCCCNC1CC1. The number of unbranched alkanes of at least 4 members (excludes halogenated alkanes) is 1. The normalized spacial score (nSPS) is 15.5. The highest BCUT2D eigenvalue weighted by Gasteiger charge is 2.19. The van der Waals surface area contributed by atoms with Crippen molar-refractivity contribution in [2.75, 3.05) is 6.54 Å². The molecular weight excluding hydrogens is 224 g/mol. The van der Waals surface area contributed by atoms with Crippen molar-refractivity contribution in [3.05, 3.63) is 23.7 Å². The maximum Gasteiger partial charge on any atom is 0.108 e. The summed E-state index contributed by atoms with van der Waals surface area (Å²) in [5.41, 5.74) is 1.32. The van der Waals surface area contributed by atoms with Crippen molar-refractivity contribution in [1.82, 2.24) is 10.6 Å². The lowest BCUT2D eigenvalue weighted by Crippen LogP contribution is -2.22. The van der Waals surface area contributed by atoms with Crippen LogP contribution in [0, 0.1) is 0 Å². The molecule has 0 amide bonds. The zero-order valence-electron chi connectivity index (χ0n) is 11.7. The van der Waals surface area contributed by atoms with Crippen LogP contribution in [0.3, 0.4) is 0 Å². The van der Waals surface area contributed by atoms with Crippen LogP contribution in [0.25, 0.3) is 0 Å². The van der Waals surface area contributed by atoms with Crippen LogP contribution in [0.5, 0.6) is 0 Å². The second-order valence-corrected chi connectivity index (χ2v) is 5.59. The Labute approximate surface area is 110 Å². The molecule has 1 saturated carbocycles. The lowest BCUT2D eigenvalue weighted by molar-refractivity contribution is 0.483. The van der Waals surface area contributed by atoms with E-state index < -0.39 is 0 Å². The van der Waals surface area contributed by atoms with Crippen LogP contribution in [0.2, 0.25) is 0 Å². The highest BCUT2D eigenvalue weighted by molar-refractivity contribution is 5.17. The molecule has 3 heteroatoms. The molecule has 1 aliphatic carbocycles. The van der Waals surface area contributed by atoms with E-state index in [1.54, 1.807) is 0 Å². The number of aryl methyl sites for hydroxylation is 1. The van der Waals surface area contributed by atoms with Crippen molar-refractivity contribution in [3.8, 4) is 0 Å². The second-order valence-electron chi connectivity index (χ2n) is 5.59. The Morgan fingerprint density at radius 3 is 2.89 bits per heavy atom. The highest BCUT2D eigenvalue weighted by Crippen LogP contribution is 2.18. The predicted molar refractivity (Wildman–Crippen MR) is 74.6 cm³/mol. The van der Waals surface area contributed by atoms with Gasteiger partial charge >= 0.3 is 0 Å². The lowest BCUT2D eigenvalue weighted by atomic mass is 10.1. The zero-order chi connectivity index (χ0) is 12.8. The third-order valence-corrected chi connectivity index (χ3v) is 3.38. The average Bonchev–Trinajstić information content (AvgIpc) is 3.05. The van der Waals surface area contributed by atoms with E-state index in [2.05, 4.69) is 30.5 Å². The number of hydrogen-bond donors (Lipinski definition) is 2.